The van der Waals surface area contributed by atoms with Gasteiger partial charge < -0.3 is 10.2 Å². The summed E-state index contributed by atoms with van der Waals surface area (Å²) in [6, 6.07) is 6.02. The number of aryl methyl sites for hydroxylation is 2. The number of benzene rings is 1. The van der Waals surface area contributed by atoms with E-state index >= 15 is 0 Å². The molecular weight excluding hydrogens is 300 g/mol. The summed E-state index contributed by atoms with van der Waals surface area (Å²) in [5, 5.41) is 3.22. The Balaban J connectivity index is 0.00000176. The smallest absolute Gasteiger partial charge is 0.223 e. The van der Waals surface area contributed by atoms with Crippen molar-refractivity contribution in [2.24, 2.45) is 0 Å². The number of piperazine rings is 1. The average molecular weight is 323 g/mol. The molecule has 0 aromatic heterocycles. The van der Waals surface area contributed by atoms with Crippen LogP contribution in [0, 0.1) is 0 Å². The van der Waals surface area contributed by atoms with Crippen molar-refractivity contribution in [2.45, 2.75) is 32.1 Å². The van der Waals surface area contributed by atoms with Gasteiger partial charge in [0.05, 0.1) is 0 Å². The highest BCUT2D eigenvalue weighted by Crippen LogP contribution is 2.23. The molecule has 1 amide bonds. The summed E-state index contributed by atoms with van der Waals surface area (Å²) in [7, 11) is 0. The van der Waals surface area contributed by atoms with E-state index < -0.39 is 0 Å². The Kier molecular flexibility index (Phi) is 5.98. The van der Waals surface area contributed by atoms with E-state index in [1.165, 1.54) is 17.5 Å². The van der Waals surface area contributed by atoms with Crippen molar-refractivity contribution in [1.82, 2.24) is 10.2 Å². The Morgan fingerprint density at radius 1 is 1.05 bits per heavy atom. The summed E-state index contributed by atoms with van der Waals surface area (Å²) < 4.78 is 0. The predicted octanol–water partition coefficient (Wildman–Crippen LogP) is 1.99. The van der Waals surface area contributed by atoms with Gasteiger partial charge in [-0.1, -0.05) is 12.1 Å². The molecule has 1 saturated heterocycles. The molecule has 0 saturated carbocycles. The second-order valence-corrected chi connectivity index (χ2v) is 5.89. The fourth-order valence-corrected chi connectivity index (χ4v) is 3.18. The van der Waals surface area contributed by atoms with Gasteiger partial charge in [-0.3, -0.25) is 9.59 Å². The topological polar surface area (TPSA) is 49.4 Å². The first-order valence-corrected chi connectivity index (χ1v) is 7.87. The second kappa shape index (κ2) is 7.75. The molecule has 5 heteroatoms. The van der Waals surface area contributed by atoms with Crippen LogP contribution in [0.25, 0.3) is 0 Å². The van der Waals surface area contributed by atoms with Crippen molar-refractivity contribution < 1.29 is 9.59 Å². The molecule has 1 aromatic carbocycles. The van der Waals surface area contributed by atoms with Crippen LogP contribution in [-0.2, 0) is 17.6 Å². The highest BCUT2D eigenvalue weighted by atomic mass is 35.5. The zero-order valence-electron chi connectivity index (χ0n) is 12.8. The summed E-state index contributed by atoms with van der Waals surface area (Å²) in [5.74, 6) is 0.194. The van der Waals surface area contributed by atoms with Crippen LogP contribution in [0.3, 0.4) is 0 Å². The number of nitrogens with one attached hydrogen (secondary N) is 1. The number of Topliss-reactive ketones (excluding diaryl/α,β-unsaturated/α-hetero) is 1. The molecule has 0 bridgehead atoms. The third-order valence-electron chi connectivity index (χ3n) is 4.46. The first-order chi connectivity index (χ1) is 10.2. The molecule has 120 valence electrons. The number of rotatable bonds is 4. The van der Waals surface area contributed by atoms with Crippen molar-refractivity contribution in [3.8, 4) is 0 Å². The van der Waals surface area contributed by atoms with E-state index in [9.17, 15) is 9.59 Å². The highest BCUT2D eigenvalue weighted by molar-refractivity contribution is 5.98. The Morgan fingerprint density at radius 3 is 2.55 bits per heavy atom. The van der Waals surface area contributed by atoms with Gasteiger partial charge in [-0.15, -0.1) is 12.4 Å². The van der Waals surface area contributed by atoms with E-state index in [1.807, 2.05) is 17.0 Å². The summed E-state index contributed by atoms with van der Waals surface area (Å²) in [6.45, 7) is 3.22. The van der Waals surface area contributed by atoms with E-state index in [-0.39, 0.29) is 24.1 Å². The van der Waals surface area contributed by atoms with Crippen molar-refractivity contribution in [2.75, 3.05) is 26.2 Å². The van der Waals surface area contributed by atoms with Crippen LogP contribution in [0.15, 0.2) is 18.2 Å². The SMILES string of the molecule is Cl.O=C(CCC(=O)N1CCNCC1)c1ccc2c(c1)CCC2. The monoisotopic (exact) mass is 322 g/mol. The number of fused-ring (bicyclic) bond motifs is 1. The summed E-state index contributed by atoms with van der Waals surface area (Å²) in [6.07, 6.45) is 4.05. The van der Waals surface area contributed by atoms with Crippen molar-refractivity contribution in [3.63, 3.8) is 0 Å². The van der Waals surface area contributed by atoms with Crippen LogP contribution in [0.5, 0.6) is 0 Å². The van der Waals surface area contributed by atoms with Gasteiger partial charge in [-0.25, -0.2) is 0 Å². The average Bonchev–Trinajstić information content (AvgIpc) is 3.00. The van der Waals surface area contributed by atoms with Crippen molar-refractivity contribution in [1.29, 1.82) is 0 Å². The number of nitrogens with zero attached hydrogens (tertiary/aromatic N) is 1. The molecule has 2 aliphatic rings. The first-order valence-electron chi connectivity index (χ1n) is 7.87. The maximum atomic E-state index is 12.2. The van der Waals surface area contributed by atoms with Crippen molar-refractivity contribution in [3.05, 3.63) is 34.9 Å². The molecule has 1 aliphatic carbocycles. The number of hydrogen-bond donors (Lipinski definition) is 1. The van der Waals surface area contributed by atoms with Gasteiger partial charge >= 0.3 is 0 Å². The minimum atomic E-state index is 0. The standard InChI is InChI=1S/C17H22N2O2.ClH/c20-16(6-7-17(21)19-10-8-18-9-11-19)15-5-4-13-2-1-3-14(13)12-15;/h4-5,12,18H,1-3,6-11H2;1H. The van der Waals surface area contributed by atoms with Crippen LogP contribution < -0.4 is 5.32 Å². The van der Waals surface area contributed by atoms with Gasteiger partial charge in [-0.2, -0.15) is 0 Å². The van der Waals surface area contributed by atoms with Crippen LogP contribution in [0.4, 0.5) is 0 Å². The second-order valence-electron chi connectivity index (χ2n) is 5.89. The van der Waals surface area contributed by atoms with E-state index in [0.717, 1.165) is 44.6 Å². The summed E-state index contributed by atoms with van der Waals surface area (Å²) in [5.41, 5.74) is 3.46. The quantitative estimate of drug-likeness (QED) is 0.863. The zero-order valence-corrected chi connectivity index (χ0v) is 13.6. The highest BCUT2D eigenvalue weighted by Gasteiger charge is 2.18. The maximum absolute atomic E-state index is 12.2. The zero-order chi connectivity index (χ0) is 14.7. The molecule has 1 N–H and O–H groups in total. The third-order valence-corrected chi connectivity index (χ3v) is 4.46. The number of amides is 1. The minimum absolute atomic E-state index is 0. The molecule has 0 unspecified atom stereocenters. The van der Waals surface area contributed by atoms with Gasteiger partial charge in [0.15, 0.2) is 5.78 Å². The molecule has 0 radical (unpaired) electrons. The Bertz CT molecular complexity index is 554. The molecule has 3 rings (SSSR count). The van der Waals surface area contributed by atoms with Gasteiger partial charge in [0.1, 0.15) is 0 Å². The van der Waals surface area contributed by atoms with Gasteiger partial charge in [0.25, 0.3) is 0 Å². The number of carbonyl (C=O) groups excluding carboxylic acids is 2. The van der Waals surface area contributed by atoms with Gasteiger partial charge in [0.2, 0.25) is 5.91 Å². The third kappa shape index (κ3) is 3.87. The number of halogens is 1. The summed E-state index contributed by atoms with van der Waals surface area (Å²) >= 11 is 0. The van der Waals surface area contributed by atoms with E-state index in [4.69, 9.17) is 0 Å². The molecule has 1 heterocycles. The molecule has 0 spiro atoms. The molecule has 1 aliphatic heterocycles. The lowest BCUT2D eigenvalue weighted by Crippen LogP contribution is -2.46. The molecule has 0 atom stereocenters. The number of hydrogen-bond acceptors (Lipinski definition) is 3. The molecule has 4 nitrogen and oxygen atoms in total. The fourth-order valence-electron chi connectivity index (χ4n) is 3.18. The van der Waals surface area contributed by atoms with Gasteiger partial charge in [-0.05, 0) is 36.5 Å². The van der Waals surface area contributed by atoms with E-state index in [0.29, 0.717) is 12.8 Å². The predicted molar refractivity (Wildman–Crippen MR) is 88.7 cm³/mol. The van der Waals surface area contributed by atoms with Crippen LogP contribution in [-0.4, -0.2) is 42.8 Å². The molecule has 1 aromatic rings. The van der Waals surface area contributed by atoms with Crippen LogP contribution >= 0.6 is 12.4 Å². The Labute approximate surface area is 137 Å². The largest absolute Gasteiger partial charge is 0.340 e. The normalized spacial score (nSPS) is 16.8. The Morgan fingerprint density at radius 2 is 1.77 bits per heavy atom. The maximum Gasteiger partial charge on any atom is 0.223 e. The van der Waals surface area contributed by atoms with Crippen molar-refractivity contribution >= 4 is 24.1 Å². The lowest BCUT2D eigenvalue weighted by Gasteiger charge is -2.27. The summed E-state index contributed by atoms with van der Waals surface area (Å²) in [4.78, 5) is 26.2. The first kappa shape index (κ1) is 17.0. The molecule has 1 fully saturated rings. The number of carbonyl (C=O) groups is 2. The van der Waals surface area contributed by atoms with Gasteiger partial charge in [0, 0.05) is 44.6 Å². The van der Waals surface area contributed by atoms with Crippen LogP contribution in [0.2, 0.25) is 0 Å². The fraction of sp³-hybridized carbons (Fsp3) is 0.529. The number of ketones is 1. The Hall–Kier alpha value is -1.39. The van der Waals surface area contributed by atoms with E-state index in [2.05, 4.69) is 11.4 Å². The molecule has 22 heavy (non-hydrogen) atoms. The molecular formula is C17H23ClN2O2. The lowest BCUT2D eigenvalue weighted by atomic mass is 10.0. The lowest BCUT2D eigenvalue weighted by molar-refractivity contribution is -0.131. The van der Waals surface area contributed by atoms with E-state index in [1.54, 1.807) is 0 Å². The van der Waals surface area contributed by atoms with Crippen LogP contribution in [0.1, 0.15) is 40.7 Å². The minimum Gasteiger partial charge on any atom is -0.340 e.